The van der Waals surface area contributed by atoms with Gasteiger partial charge in [-0.25, -0.2) is 14.6 Å². The molecule has 0 unspecified atom stereocenters. The number of thiazole rings is 1. The molecular weight excluding hydrogens is 612 g/mol. The van der Waals surface area contributed by atoms with Gasteiger partial charge in [0.2, 0.25) is 5.75 Å². The number of aromatic carboxylic acids is 1. The molecule has 46 heavy (non-hydrogen) atoms. The molecule has 0 aliphatic carbocycles. The van der Waals surface area contributed by atoms with Gasteiger partial charge < -0.3 is 28.8 Å². The number of benzene rings is 3. The predicted octanol–water partition coefficient (Wildman–Crippen LogP) is 4.10. The molecule has 12 heteroatoms. The van der Waals surface area contributed by atoms with E-state index in [-0.39, 0.29) is 29.9 Å². The molecule has 0 saturated carbocycles. The maximum atomic E-state index is 14.0. The van der Waals surface area contributed by atoms with Gasteiger partial charge in [-0.3, -0.25) is 9.36 Å². The summed E-state index contributed by atoms with van der Waals surface area (Å²) in [5, 5.41) is 9.07. The molecule has 3 aromatic carbocycles. The molecule has 1 atom stereocenters. The van der Waals surface area contributed by atoms with Gasteiger partial charge in [-0.2, -0.15) is 0 Å². The fourth-order valence-corrected chi connectivity index (χ4v) is 6.13. The molecule has 1 aliphatic rings. The van der Waals surface area contributed by atoms with Crippen LogP contribution in [0.2, 0.25) is 0 Å². The second-order valence-electron chi connectivity index (χ2n) is 10.1. The third-order valence-electron chi connectivity index (χ3n) is 7.30. The van der Waals surface area contributed by atoms with Crippen LogP contribution in [-0.2, 0) is 16.1 Å². The fraction of sp³-hybridized carbons (Fsp3) is 0.235. The van der Waals surface area contributed by atoms with E-state index in [0.29, 0.717) is 43.6 Å². The van der Waals surface area contributed by atoms with Crippen molar-refractivity contribution in [1.82, 2.24) is 4.57 Å². The molecule has 0 fully saturated rings. The molecule has 0 amide bonds. The van der Waals surface area contributed by atoms with Crippen LogP contribution < -0.4 is 33.8 Å². The average molecular weight is 645 g/mol. The number of hydrogen-bond acceptors (Lipinski definition) is 10. The zero-order chi connectivity index (χ0) is 33.0. The zero-order valence-electron chi connectivity index (χ0n) is 25.9. The topological polar surface area (TPSA) is 135 Å². The largest absolute Gasteiger partial charge is 0.493 e. The minimum absolute atomic E-state index is 0.152. The van der Waals surface area contributed by atoms with Gasteiger partial charge in [-0.1, -0.05) is 35.6 Å². The molecule has 0 saturated heterocycles. The van der Waals surface area contributed by atoms with E-state index < -0.39 is 18.0 Å². The van der Waals surface area contributed by atoms with Crippen molar-refractivity contribution in [1.29, 1.82) is 0 Å². The van der Waals surface area contributed by atoms with E-state index in [1.807, 2.05) is 12.1 Å². The highest BCUT2D eigenvalue weighted by Gasteiger charge is 2.34. The van der Waals surface area contributed by atoms with Gasteiger partial charge in [0.15, 0.2) is 16.3 Å². The number of carbonyl (C=O) groups excluding carboxylic acids is 1. The van der Waals surface area contributed by atoms with E-state index in [1.54, 1.807) is 56.3 Å². The molecule has 1 N–H and O–H groups in total. The van der Waals surface area contributed by atoms with E-state index in [4.69, 9.17) is 28.8 Å². The summed E-state index contributed by atoms with van der Waals surface area (Å²) in [6.07, 6.45) is 1.76. The van der Waals surface area contributed by atoms with Crippen molar-refractivity contribution >= 4 is 29.4 Å². The Hall–Kier alpha value is -5.36. The van der Waals surface area contributed by atoms with E-state index in [9.17, 15) is 14.4 Å². The molecule has 11 nitrogen and oxygen atoms in total. The number of hydrogen-bond donors (Lipinski definition) is 1. The first kappa shape index (κ1) is 32.0. The van der Waals surface area contributed by atoms with Crippen LogP contribution in [0, 0.1) is 0 Å². The Morgan fingerprint density at radius 2 is 1.63 bits per heavy atom. The van der Waals surface area contributed by atoms with Crippen molar-refractivity contribution in [2.24, 2.45) is 4.99 Å². The third kappa shape index (κ3) is 6.38. The molecular formula is C34H32N2O9S. The number of carboxylic acids is 1. The van der Waals surface area contributed by atoms with Gasteiger partial charge >= 0.3 is 11.9 Å². The Morgan fingerprint density at radius 1 is 0.978 bits per heavy atom. The van der Waals surface area contributed by atoms with E-state index in [1.165, 1.54) is 49.4 Å². The van der Waals surface area contributed by atoms with E-state index in [0.717, 1.165) is 11.1 Å². The van der Waals surface area contributed by atoms with Crippen LogP contribution >= 0.6 is 11.3 Å². The van der Waals surface area contributed by atoms with Crippen LogP contribution in [0.1, 0.15) is 46.9 Å². The number of methoxy groups -OCH3 is 3. The normalized spacial score (nSPS) is 14.3. The highest BCUT2D eigenvalue weighted by molar-refractivity contribution is 7.07. The maximum Gasteiger partial charge on any atom is 0.338 e. The predicted molar refractivity (Wildman–Crippen MR) is 171 cm³/mol. The van der Waals surface area contributed by atoms with Crippen LogP contribution in [-0.4, -0.2) is 49.5 Å². The zero-order valence-corrected chi connectivity index (χ0v) is 26.7. The summed E-state index contributed by atoms with van der Waals surface area (Å²) < 4.78 is 29.8. The molecule has 0 spiro atoms. The smallest absolute Gasteiger partial charge is 0.338 e. The minimum atomic E-state index is -0.984. The monoisotopic (exact) mass is 644 g/mol. The lowest BCUT2D eigenvalue weighted by Crippen LogP contribution is -2.40. The van der Waals surface area contributed by atoms with Gasteiger partial charge in [0.05, 0.1) is 55.3 Å². The number of nitrogens with zero attached hydrogens (tertiary/aromatic N) is 2. The van der Waals surface area contributed by atoms with Gasteiger partial charge in [-0.15, -0.1) is 0 Å². The summed E-state index contributed by atoms with van der Waals surface area (Å²) in [6, 6.07) is 16.3. The van der Waals surface area contributed by atoms with Crippen molar-refractivity contribution < 1.29 is 38.4 Å². The summed E-state index contributed by atoms with van der Waals surface area (Å²) in [6.45, 7) is 3.85. The number of allylic oxidation sites excluding steroid dienone is 1. The summed E-state index contributed by atoms with van der Waals surface area (Å²) in [4.78, 5) is 43.4. The van der Waals surface area contributed by atoms with Gasteiger partial charge in [-0.05, 0) is 73.0 Å². The van der Waals surface area contributed by atoms with Crippen LogP contribution in [0.5, 0.6) is 23.0 Å². The third-order valence-corrected chi connectivity index (χ3v) is 8.29. The highest BCUT2D eigenvalue weighted by atomic mass is 32.1. The Labute approximate surface area is 268 Å². The first-order valence-electron chi connectivity index (χ1n) is 14.2. The first-order chi connectivity index (χ1) is 22.2. The maximum absolute atomic E-state index is 14.0. The van der Waals surface area contributed by atoms with Gasteiger partial charge in [0.25, 0.3) is 5.56 Å². The number of fused-ring (bicyclic) bond motifs is 1. The van der Waals surface area contributed by atoms with E-state index in [2.05, 4.69) is 4.99 Å². The van der Waals surface area contributed by atoms with E-state index >= 15 is 0 Å². The van der Waals surface area contributed by atoms with Crippen molar-refractivity contribution in [2.75, 3.05) is 27.9 Å². The standard InChI is InChI=1S/C34H32N2O9S/c1-6-44-33(40)28-19(2)35-34-36(29(28)23-16-25(41-3)30(43-5)26(17-23)42-4)31(37)27(46-34)15-20-9-13-24(14-10-20)45-18-21-7-11-22(12-8-21)32(38)39/h7-17,29H,6,18H2,1-5H3,(H,38,39)/t29-/m1/s1. The minimum Gasteiger partial charge on any atom is -0.493 e. The molecule has 4 aromatic rings. The number of aromatic nitrogens is 1. The van der Waals surface area contributed by atoms with Crippen molar-refractivity contribution in [3.8, 4) is 23.0 Å². The quantitative estimate of drug-likeness (QED) is 0.240. The Kier molecular flexibility index (Phi) is 9.57. The summed E-state index contributed by atoms with van der Waals surface area (Å²) in [7, 11) is 4.49. The van der Waals surface area contributed by atoms with Crippen molar-refractivity contribution in [2.45, 2.75) is 26.5 Å². The highest BCUT2D eigenvalue weighted by Crippen LogP contribution is 2.42. The summed E-state index contributed by atoms with van der Waals surface area (Å²) >= 11 is 1.21. The molecule has 1 aromatic heterocycles. The van der Waals surface area contributed by atoms with Crippen LogP contribution in [0.3, 0.4) is 0 Å². The average Bonchev–Trinajstić information content (AvgIpc) is 3.36. The fourth-order valence-electron chi connectivity index (χ4n) is 5.09. The Bertz CT molecular complexity index is 1970. The molecule has 5 rings (SSSR count). The Balaban J connectivity index is 1.51. The summed E-state index contributed by atoms with van der Waals surface area (Å²) in [5.41, 5.74) is 2.68. The van der Waals surface area contributed by atoms with Crippen LogP contribution in [0.4, 0.5) is 0 Å². The number of rotatable bonds is 11. The van der Waals surface area contributed by atoms with Crippen LogP contribution in [0.25, 0.3) is 6.08 Å². The lowest BCUT2D eigenvalue weighted by atomic mass is 9.95. The molecule has 0 bridgehead atoms. The summed E-state index contributed by atoms with van der Waals surface area (Å²) in [5.74, 6) is 0.167. The molecule has 2 heterocycles. The number of carboxylic acid groups (broad SMARTS) is 1. The second-order valence-corrected chi connectivity index (χ2v) is 11.1. The molecule has 238 valence electrons. The first-order valence-corrected chi connectivity index (χ1v) is 15.0. The SMILES string of the molecule is CCOC(=O)C1=C(C)N=c2sc(=Cc3ccc(OCc4ccc(C(=O)O)cc4)cc3)c(=O)n2[C@@H]1c1cc(OC)c(OC)c(OC)c1. The van der Waals surface area contributed by atoms with Crippen molar-refractivity contribution in [3.05, 3.63) is 114 Å². The van der Waals surface area contributed by atoms with Crippen LogP contribution in [0.15, 0.2) is 81.7 Å². The second kappa shape index (κ2) is 13.7. The molecule has 0 radical (unpaired) electrons. The van der Waals surface area contributed by atoms with Gasteiger partial charge in [0.1, 0.15) is 12.4 Å². The lowest BCUT2D eigenvalue weighted by Gasteiger charge is -2.26. The van der Waals surface area contributed by atoms with Crippen molar-refractivity contribution in [3.63, 3.8) is 0 Å². The number of carbonyl (C=O) groups is 2. The molecule has 1 aliphatic heterocycles. The lowest BCUT2D eigenvalue weighted by molar-refractivity contribution is -0.139. The van der Waals surface area contributed by atoms with Gasteiger partial charge in [0, 0.05) is 0 Å². The number of esters is 1. The number of ether oxygens (including phenoxy) is 5. The Morgan fingerprint density at radius 3 is 2.20 bits per heavy atom.